The number of hydrogen-bond donors (Lipinski definition) is 1. The lowest BCUT2D eigenvalue weighted by Gasteiger charge is -2.32. The monoisotopic (exact) mass is 335 g/mol. The molecule has 2 aliphatic rings. The molecule has 3 rings (SSSR count). The van der Waals surface area contributed by atoms with E-state index in [1.807, 2.05) is 23.3 Å². The maximum absolute atomic E-state index is 12.2. The number of hydrogen-bond acceptors (Lipinski definition) is 6. The van der Waals surface area contributed by atoms with Crippen LogP contribution in [-0.2, 0) is 25.7 Å². The van der Waals surface area contributed by atoms with Gasteiger partial charge in [0.2, 0.25) is 5.91 Å². The summed E-state index contributed by atoms with van der Waals surface area (Å²) in [6, 6.07) is 5.71. The molecule has 24 heavy (non-hydrogen) atoms. The van der Waals surface area contributed by atoms with Crippen LogP contribution in [-0.4, -0.2) is 61.0 Å². The zero-order valence-corrected chi connectivity index (χ0v) is 13.9. The number of hydroxylamine groups is 2. The minimum absolute atomic E-state index is 0.0190. The van der Waals surface area contributed by atoms with Crippen molar-refractivity contribution in [2.24, 2.45) is 0 Å². The Morgan fingerprint density at radius 2 is 2.38 bits per heavy atom. The van der Waals surface area contributed by atoms with Crippen molar-refractivity contribution < 1.29 is 19.1 Å². The third-order valence-electron chi connectivity index (χ3n) is 4.24. The number of pyridine rings is 1. The normalized spacial score (nSPS) is 24.8. The number of ether oxygens (including phenoxy) is 2. The van der Waals surface area contributed by atoms with E-state index in [-0.39, 0.29) is 18.1 Å². The number of nitrogens with one attached hydrogen (secondary N) is 1. The number of carbonyl (C=O) groups excluding carboxylic acids is 1. The van der Waals surface area contributed by atoms with Crippen molar-refractivity contribution in [2.45, 2.75) is 38.0 Å². The number of aromatic nitrogens is 1. The summed E-state index contributed by atoms with van der Waals surface area (Å²) in [5.41, 5.74) is 0.874. The van der Waals surface area contributed by atoms with Gasteiger partial charge in [0.05, 0.1) is 31.6 Å². The van der Waals surface area contributed by atoms with Gasteiger partial charge in [0.1, 0.15) is 6.10 Å². The Labute approximate surface area is 142 Å². The Hall–Kier alpha value is -1.54. The maximum atomic E-state index is 12.2. The highest BCUT2D eigenvalue weighted by Gasteiger charge is 2.28. The first-order valence-electron chi connectivity index (χ1n) is 8.58. The Morgan fingerprint density at radius 3 is 3.17 bits per heavy atom. The van der Waals surface area contributed by atoms with Gasteiger partial charge in [-0.25, -0.2) is 0 Å². The summed E-state index contributed by atoms with van der Waals surface area (Å²) in [7, 11) is 0. The summed E-state index contributed by atoms with van der Waals surface area (Å²) >= 11 is 0. The lowest BCUT2D eigenvalue weighted by molar-refractivity contribution is -0.134. The fourth-order valence-corrected chi connectivity index (χ4v) is 2.90. The largest absolute Gasteiger partial charge is 0.379 e. The lowest BCUT2D eigenvalue weighted by Crippen LogP contribution is -2.50. The Kier molecular flexibility index (Phi) is 6.54. The van der Waals surface area contributed by atoms with Crippen LogP contribution in [0.5, 0.6) is 0 Å². The number of carbonyl (C=O) groups is 1. The average Bonchev–Trinajstić information content (AvgIpc) is 3.14. The van der Waals surface area contributed by atoms with Gasteiger partial charge in [0.25, 0.3) is 0 Å². The van der Waals surface area contributed by atoms with Gasteiger partial charge in [0.15, 0.2) is 0 Å². The molecule has 2 aliphatic heterocycles. The topological polar surface area (TPSA) is 72.9 Å². The molecule has 0 radical (unpaired) electrons. The Morgan fingerprint density at radius 1 is 1.42 bits per heavy atom. The first-order chi connectivity index (χ1) is 11.8. The molecular formula is C17H25N3O4. The predicted molar refractivity (Wildman–Crippen MR) is 86.9 cm³/mol. The van der Waals surface area contributed by atoms with E-state index in [0.717, 1.165) is 31.7 Å². The third-order valence-corrected chi connectivity index (χ3v) is 4.24. The van der Waals surface area contributed by atoms with Crippen LogP contribution in [0.1, 0.15) is 25.0 Å². The molecule has 0 aliphatic carbocycles. The summed E-state index contributed by atoms with van der Waals surface area (Å²) in [4.78, 5) is 21.8. The van der Waals surface area contributed by atoms with E-state index in [1.54, 1.807) is 6.20 Å². The molecule has 3 heterocycles. The number of rotatable bonds is 7. The highest BCUT2D eigenvalue weighted by Crippen LogP contribution is 2.14. The molecule has 1 N–H and O–H groups in total. The summed E-state index contributed by atoms with van der Waals surface area (Å²) in [6.45, 7) is 3.85. The molecule has 1 amide bonds. The molecule has 0 unspecified atom stereocenters. The summed E-state index contributed by atoms with van der Waals surface area (Å²) in [5.74, 6) is 0.0313. The molecule has 7 heteroatoms. The second-order valence-electron chi connectivity index (χ2n) is 6.07. The standard InChI is InChI=1S/C17H25N3O4/c21-17(5-9-20-8-3-10-24-20)19-15-6-11-22-13-16(15)23-12-14-4-1-2-7-18-14/h1-2,4,7,15-16H,3,5-6,8-13H2,(H,19,21)/t15-,16-/m1/s1. The fourth-order valence-electron chi connectivity index (χ4n) is 2.90. The molecule has 7 nitrogen and oxygen atoms in total. The van der Waals surface area contributed by atoms with Crippen molar-refractivity contribution >= 4 is 5.91 Å². The van der Waals surface area contributed by atoms with Crippen molar-refractivity contribution in [1.82, 2.24) is 15.4 Å². The van der Waals surface area contributed by atoms with E-state index in [2.05, 4.69) is 10.3 Å². The van der Waals surface area contributed by atoms with Crippen LogP contribution in [0.2, 0.25) is 0 Å². The van der Waals surface area contributed by atoms with E-state index < -0.39 is 0 Å². The zero-order valence-electron chi connectivity index (χ0n) is 13.9. The van der Waals surface area contributed by atoms with Gasteiger partial charge in [-0.05, 0) is 25.0 Å². The maximum Gasteiger partial charge on any atom is 0.221 e. The Balaban J connectivity index is 1.43. The average molecular weight is 335 g/mol. The quantitative estimate of drug-likeness (QED) is 0.798. The van der Waals surface area contributed by atoms with Crippen molar-refractivity contribution in [3.05, 3.63) is 30.1 Å². The van der Waals surface area contributed by atoms with Gasteiger partial charge in [-0.15, -0.1) is 0 Å². The van der Waals surface area contributed by atoms with Crippen LogP contribution in [0, 0.1) is 0 Å². The van der Waals surface area contributed by atoms with Gasteiger partial charge in [-0.1, -0.05) is 6.07 Å². The molecule has 1 aromatic rings. The molecular weight excluding hydrogens is 310 g/mol. The van der Waals surface area contributed by atoms with Crippen LogP contribution in [0.4, 0.5) is 0 Å². The summed E-state index contributed by atoms with van der Waals surface area (Å²) in [6.07, 6.45) is 3.83. The van der Waals surface area contributed by atoms with E-state index in [0.29, 0.717) is 32.8 Å². The minimum atomic E-state index is -0.146. The predicted octanol–water partition coefficient (Wildman–Crippen LogP) is 0.899. The number of amides is 1. The molecule has 1 aromatic heterocycles. The van der Waals surface area contributed by atoms with Gasteiger partial charge in [-0.2, -0.15) is 5.06 Å². The highest BCUT2D eigenvalue weighted by atomic mass is 16.7. The SMILES string of the molecule is O=C(CCN1CCCO1)N[C@@H]1CCOC[C@H]1OCc1ccccn1. The van der Waals surface area contributed by atoms with E-state index in [9.17, 15) is 4.79 Å². The van der Waals surface area contributed by atoms with Crippen LogP contribution in [0.3, 0.4) is 0 Å². The highest BCUT2D eigenvalue weighted by molar-refractivity contribution is 5.76. The van der Waals surface area contributed by atoms with E-state index >= 15 is 0 Å². The second-order valence-corrected chi connectivity index (χ2v) is 6.07. The first kappa shape index (κ1) is 17.3. The van der Waals surface area contributed by atoms with E-state index in [1.165, 1.54) is 0 Å². The molecule has 0 spiro atoms. The van der Waals surface area contributed by atoms with Gasteiger partial charge in [-0.3, -0.25) is 14.6 Å². The summed E-state index contributed by atoms with van der Waals surface area (Å²) < 4.78 is 11.4. The van der Waals surface area contributed by atoms with Crippen molar-refractivity contribution in [3.8, 4) is 0 Å². The molecule has 2 saturated heterocycles. The molecule has 2 fully saturated rings. The lowest BCUT2D eigenvalue weighted by atomic mass is 10.1. The van der Waals surface area contributed by atoms with Crippen molar-refractivity contribution in [3.63, 3.8) is 0 Å². The van der Waals surface area contributed by atoms with Crippen LogP contribution in [0.15, 0.2) is 24.4 Å². The molecule has 0 saturated carbocycles. The zero-order chi connectivity index (χ0) is 16.6. The minimum Gasteiger partial charge on any atom is -0.379 e. The third kappa shape index (κ3) is 5.24. The molecule has 0 aromatic carbocycles. The summed E-state index contributed by atoms with van der Waals surface area (Å²) in [5, 5.41) is 4.94. The Bertz CT molecular complexity index is 508. The molecule has 132 valence electrons. The van der Waals surface area contributed by atoms with Gasteiger partial charge < -0.3 is 14.8 Å². The van der Waals surface area contributed by atoms with Crippen LogP contribution < -0.4 is 5.32 Å². The fraction of sp³-hybridized carbons (Fsp3) is 0.647. The number of nitrogens with zero attached hydrogens (tertiary/aromatic N) is 2. The smallest absolute Gasteiger partial charge is 0.221 e. The van der Waals surface area contributed by atoms with Crippen LogP contribution in [0.25, 0.3) is 0 Å². The molecule has 2 atom stereocenters. The van der Waals surface area contributed by atoms with Gasteiger partial charge >= 0.3 is 0 Å². The van der Waals surface area contributed by atoms with E-state index in [4.69, 9.17) is 14.3 Å². The van der Waals surface area contributed by atoms with Crippen molar-refractivity contribution in [1.29, 1.82) is 0 Å². The second kappa shape index (κ2) is 9.08. The van der Waals surface area contributed by atoms with Crippen LogP contribution >= 0.6 is 0 Å². The van der Waals surface area contributed by atoms with Crippen molar-refractivity contribution in [2.75, 3.05) is 32.9 Å². The first-order valence-corrected chi connectivity index (χ1v) is 8.58. The van der Waals surface area contributed by atoms with Gasteiger partial charge in [0, 0.05) is 32.3 Å². The molecule has 0 bridgehead atoms.